The molecule has 4 nitrogen and oxygen atoms in total. The molecule has 0 spiro atoms. The summed E-state index contributed by atoms with van der Waals surface area (Å²) < 4.78 is 18.5. The van der Waals surface area contributed by atoms with Gasteiger partial charge in [0, 0.05) is 5.69 Å². The average molecular weight is 274 g/mol. The van der Waals surface area contributed by atoms with Crippen LogP contribution < -0.4 is 15.8 Å². The topological polar surface area (TPSA) is 64.3 Å². The number of nitrogens with one attached hydrogen (secondary N) is 1. The lowest BCUT2D eigenvalue weighted by Gasteiger charge is -2.12. The molecule has 0 fully saturated rings. The van der Waals surface area contributed by atoms with Gasteiger partial charge in [-0.15, -0.1) is 0 Å². The third-order valence-electron chi connectivity index (χ3n) is 2.66. The van der Waals surface area contributed by atoms with Crippen LogP contribution in [0.3, 0.4) is 0 Å². The van der Waals surface area contributed by atoms with Crippen LogP contribution in [0.15, 0.2) is 42.5 Å². The van der Waals surface area contributed by atoms with Crippen molar-refractivity contribution in [1.82, 2.24) is 0 Å². The third-order valence-corrected chi connectivity index (χ3v) is 2.66. The fraction of sp³-hybridized carbons (Fsp3) is 0.133. The van der Waals surface area contributed by atoms with Crippen LogP contribution in [-0.4, -0.2) is 12.5 Å². The van der Waals surface area contributed by atoms with E-state index in [1.165, 1.54) is 18.2 Å². The van der Waals surface area contributed by atoms with Gasteiger partial charge in [0.05, 0.1) is 17.9 Å². The predicted octanol–water partition coefficient (Wildman–Crippen LogP) is 3.06. The molecule has 0 unspecified atom stereocenters. The summed E-state index contributed by atoms with van der Waals surface area (Å²) >= 11 is 0. The summed E-state index contributed by atoms with van der Waals surface area (Å²) in [7, 11) is 0. The highest BCUT2D eigenvalue weighted by Crippen LogP contribution is 2.27. The second kappa shape index (κ2) is 6.06. The number of ether oxygens (including phenoxy) is 1. The largest absolute Gasteiger partial charge is 0.491 e. The summed E-state index contributed by atoms with van der Waals surface area (Å²) in [6.45, 7) is 2.20. The van der Waals surface area contributed by atoms with Crippen molar-refractivity contribution in [2.75, 3.05) is 17.7 Å². The summed E-state index contributed by atoms with van der Waals surface area (Å²) in [5.74, 6) is -0.476. The van der Waals surface area contributed by atoms with Crippen molar-refractivity contribution in [1.29, 1.82) is 0 Å². The number of rotatable bonds is 4. The number of hydrogen-bond donors (Lipinski definition) is 2. The molecule has 0 aromatic heterocycles. The zero-order valence-electron chi connectivity index (χ0n) is 11.0. The van der Waals surface area contributed by atoms with E-state index in [9.17, 15) is 9.18 Å². The van der Waals surface area contributed by atoms with Gasteiger partial charge in [0.25, 0.3) is 5.91 Å². The molecule has 2 aromatic carbocycles. The molecule has 0 atom stereocenters. The molecule has 0 heterocycles. The molecule has 5 heteroatoms. The molecule has 0 saturated carbocycles. The van der Waals surface area contributed by atoms with Crippen LogP contribution in [0.1, 0.15) is 17.3 Å². The maximum absolute atomic E-state index is 13.1. The van der Waals surface area contributed by atoms with Crippen molar-refractivity contribution in [2.24, 2.45) is 0 Å². The number of benzene rings is 2. The Morgan fingerprint density at radius 3 is 2.75 bits per heavy atom. The van der Waals surface area contributed by atoms with Crippen LogP contribution in [-0.2, 0) is 0 Å². The van der Waals surface area contributed by atoms with E-state index in [1.54, 1.807) is 31.2 Å². The van der Waals surface area contributed by atoms with Gasteiger partial charge in [0.15, 0.2) is 5.75 Å². The monoisotopic (exact) mass is 274 g/mol. The van der Waals surface area contributed by atoms with Crippen molar-refractivity contribution in [2.45, 2.75) is 6.92 Å². The standard InChI is InChI=1S/C15H15FN2O2/c1-2-20-14-12(7-4-8-13(14)17)15(19)18-11-6-3-5-10(16)9-11/h3-9H,2,17H2,1H3,(H,18,19). The molecule has 0 radical (unpaired) electrons. The van der Waals surface area contributed by atoms with Gasteiger partial charge in [-0.05, 0) is 37.3 Å². The Kier molecular flexibility index (Phi) is 4.20. The van der Waals surface area contributed by atoms with E-state index >= 15 is 0 Å². The average Bonchev–Trinajstić information content (AvgIpc) is 2.41. The van der Waals surface area contributed by atoms with Gasteiger partial charge in [-0.1, -0.05) is 12.1 Å². The van der Waals surface area contributed by atoms with E-state index in [0.717, 1.165) is 0 Å². The molecule has 0 saturated heterocycles. The van der Waals surface area contributed by atoms with Gasteiger partial charge < -0.3 is 15.8 Å². The van der Waals surface area contributed by atoms with Crippen molar-refractivity contribution >= 4 is 17.3 Å². The van der Waals surface area contributed by atoms with Gasteiger partial charge in [-0.25, -0.2) is 4.39 Å². The molecule has 0 aliphatic rings. The molecule has 20 heavy (non-hydrogen) atoms. The molecular weight excluding hydrogens is 259 g/mol. The molecule has 0 aliphatic heterocycles. The quantitative estimate of drug-likeness (QED) is 0.842. The Bertz CT molecular complexity index is 629. The number of nitrogens with two attached hydrogens (primary N) is 1. The highest BCUT2D eigenvalue weighted by molar-refractivity contribution is 6.07. The highest BCUT2D eigenvalue weighted by atomic mass is 19.1. The zero-order chi connectivity index (χ0) is 14.5. The van der Waals surface area contributed by atoms with Crippen molar-refractivity contribution < 1.29 is 13.9 Å². The first kappa shape index (κ1) is 13.9. The Balaban J connectivity index is 2.27. The van der Waals surface area contributed by atoms with Crippen molar-refractivity contribution in [3.05, 3.63) is 53.8 Å². The summed E-state index contributed by atoms with van der Waals surface area (Å²) in [5, 5.41) is 2.61. The molecule has 0 bridgehead atoms. The molecule has 0 aliphatic carbocycles. The minimum atomic E-state index is -0.416. The maximum Gasteiger partial charge on any atom is 0.259 e. The van der Waals surface area contributed by atoms with Crippen LogP contribution in [0.25, 0.3) is 0 Å². The highest BCUT2D eigenvalue weighted by Gasteiger charge is 2.15. The minimum Gasteiger partial charge on any atom is -0.491 e. The van der Waals surface area contributed by atoms with Crippen LogP contribution in [0, 0.1) is 5.82 Å². The number of carbonyl (C=O) groups excluding carboxylic acids is 1. The zero-order valence-corrected chi connectivity index (χ0v) is 11.0. The van der Waals surface area contributed by atoms with E-state index in [2.05, 4.69) is 5.32 Å². The number of halogens is 1. The summed E-state index contributed by atoms with van der Waals surface area (Å²) in [4.78, 5) is 12.2. The Labute approximate surface area is 116 Å². The number of anilines is 2. The summed E-state index contributed by atoms with van der Waals surface area (Å²) in [5.41, 5.74) is 6.88. The van der Waals surface area contributed by atoms with E-state index in [0.29, 0.717) is 29.3 Å². The normalized spacial score (nSPS) is 10.1. The maximum atomic E-state index is 13.1. The first-order chi connectivity index (χ1) is 9.61. The Morgan fingerprint density at radius 2 is 2.05 bits per heavy atom. The van der Waals surface area contributed by atoms with Gasteiger partial charge >= 0.3 is 0 Å². The number of para-hydroxylation sites is 1. The molecular formula is C15H15FN2O2. The molecule has 104 valence electrons. The van der Waals surface area contributed by atoms with E-state index < -0.39 is 11.7 Å². The number of amides is 1. The first-order valence-corrected chi connectivity index (χ1v) is 6.20. The smallest absolute Gasteiger partial charge is 0.259 e. The number of carbonyl (C=O) groups is 1. The fourth-order valence-electron chi connectivity index (χ4n) is 1.80. The van der Waals surface area contributed by atoms with Crippen LogP contribution in [0.4, 0.5) is 15.8 Å². The van der Waals surface area contributed by atoms with Gasteiger partial charge in [0.2, 0.25) is 0 Å². The lowest BCUT2D eigenvalue weighted by Crippen LogP contribution is -2.14. The summed E-state index contributed by atoms with van der Waals surface area (Å²) in [6.07, 6.45) is 0. The van der Waals surface area contributed by atoms with Crippen LogP contribution in [0.2, 0.25) is 0 Å². The molecule has 3 N–H and O–H groups in total. The van der Waals surface area contributed by atoms with Crippen LogP contribution in [0.5, 0.6) is 5.75 Å². The third kappa shape index (κ3) is 3.06. The van der Waals surface area contributed by atoms with Crippen LogP contribution >= 0.6 is 0 Å². The SMILES string of the molecule is CCOc1c(N)cccc1C(=O)Nc1cccc(F)c1. The number of hydrogen-bond acceptors (Lipinski definition) is 3. The lowest BCUT2D eigenvalue weighted by atomic mass is 10.1. The van der Waals surface area contributed by atoms with E-state index in [1.807, 2.05) is 0 Å². The predicted molar refractivity (Wildman–Crippen MR) is 76.4 cm³/mol. The molecule has 2 aromatic rings. The molecule has 2 rings (SSSR count). The van der Waals surface area contributed by atoms with Gasteiger partial charge in [-0.2, -0.15) is 0 Å². The summed E-state index contributed by atoms with van der Waals surface area (Å²) in [6, 6.07) is 10.6. The van der Waals surface area contributed by atoms with E-state index in [-0.39, 0.29) is 0 Å². The lowest BCUT2D eigenvalue weighted by molar-refractivity contribution is 0.102. The second-order valence-corrected chi connectivity index (χ2v) is 4.12. The fourth-order valence-corrected chi connectivity index (χ4v) is 1.80. The minimum absolute atomic E-state index is 0.316. The Morgan fingerprint density at radius 1 is 1.30 bits per heavy atom. The van der Waals surface area contributed by atoms with Gasteiger partial charge in [-0.3, -0.25) is 4.79 Å². The Hall–Kier alpha value is -2.56. The van der Waals surface area contributed by atoms with Crippen molar-refractivity contribution in [3.63, 3.8) is 0 Å². The number of nitrogen functional groups attached to an aromatic ring is 1. The van der Waals surface area contributed by atoms with Crippen molar-refractivity contribution in [3.8, 4) is 5.75 Å². The van der Waals surface area contributed by atoms with E-state index in [4.69, 9.17) is 10.5 Å². The molecule has 1 amide bonds. The van der Waals surface area contributed by atoms with Gasteiger partial charge in [0.1, 0.15) is 5.82 Å². The first-order valence-electron chi connectivity index (χ1n) is 6.20. The second-order valence-electron chi connectivity index (χ2n) is 4.12.